The fraction of sp³-hybridized carbons (Fsp3) is 0.839. The first kappa shape index (κ1) is 63.5. The number of phosphoric acid groups is 1. The van der Waals surface area contributed by atoms with Crippen LogP contribution in [0.15, 0.2) is 48.6 Å². The zero-order valence-electron chi connectivity index (χ0n) is 43.4. The van der Waals surface area contributed by atoms with E-state index in [1.807, 2.05) is 27.2 Å². The minimum Gasteiger partial charge on any atom is -0.756 e. The molecule has 0 aliphatic carbocycles. The molecule has 0 saturated heterocycles. The first-order valence-electron chi connectivity index (χ1n) is 27.5. The van der Waals surface area contributed by atoms with E-state index in [2.05, 4.69) is 55.6 Å². The number of phosphoric ester groups is 1. The van der Waals surface area contributed by atoms with Gasteiger partial charge in [0.2, 0.25) is 5.91 Å². The number of hydrogen-bond acceptors (Lipinski definition) is 6. The summed E-state index contributed by atoms with van der Waals surface area (Å²) >= 11 is 0. The number of allylic oxidation sites excluding steroid dienone is 7. The standard InChI is InChI=1S/C56H107N2O6P/c1-6-8-10-12-14-16-18-20-22-23-24-25-26-27-28-29-30-31-32-33-34-35-36-37-39-41-43-45-47-49-55(59)54(53-64-65(61,62)63-52-51-58(3,4)5)57-56(60)50-48-46-44-42-40-38-21-19-17-15-13-11-9-7-2/h13,15,19,21,39,41,47,49,54-55,59H,6-12,14,16-18,20,22-38,40,42-46,48,50-53H2,1-5H3,(H-,57,60,61,62)/b15-13-,21-19-,41-39+,49-47+. The molecule has 0 heterocycles. The summed E-state index contributed by atoms with van der Waals surface area (Å²) in [7, 11) is 1.23. The van der Waals surface area contributed by atoms with E-state index >= 15 is 0 Å². The summed E-state index contributed by atoms with van der Waals surface area (Å²) in [4.78, 5) is 25.4. The number of quaternary nitrogens is 1. The second-order valence-electron chi connectivity index (χ2n) is 19.9. The molecule has 0 aromatic carbocycles. The average molecular weight is 935 g/mol. The molecule has 3 unspecified atom stereocenters. The van der Waals surface area contributed by atoms with Crippen molar-refractivity contribution >= 4 is 13.7 Å². The quantitative estimate of drug-likeness (QED) is 0.0272. The van der Waals surface area contributed by atoms with Crippen LogP contribution in [-0.4, -0.2) is 68.5 Å². The van der Waals surface area contributed by atoms with Crippen LogP contribution in [0, 0.1) is 0 Å². The third-order valence-electron chi connectivity index (χ3n) is 12.3. The fourth-order valence-corrected chi connectivity index (χ4v) is 8.62. The second-order valence-corrected chi connectivity index (χ2v) is 21.3. The number of carbonyl (C=O) groups excluding carboxylic acids is 1. The highest BCUT2D eigenvalue weighted by molar-refractivity contribution is 7.45. The van der Waals surface area contributed by atoms with E-state index in [1.165, 1.54) is 167 Å². The van der Waals surface area contributed by atoms with Crippen LogP contribution in [0.3, 0.4) is 0 Å². The van der Waals surface area contributed by atoms with Crippen molar-refractivity contribution in [2.45, 2.75) is 264 Å². The molecule has 1 amide bonds. The molecule has 0 bridgehead atoms. The smallest absolute Gasteiger partial charge is 0.268 e. The number of nitrogens with zero attached hydrogens (tertiary/aromatic N) is 1. The van der Waals surface area contributed by atoms with Gasteiger partial charge in [-0.3, -0.25) is 9.36 Å². The van der Waals surface area contributed by atoms with Gasteiger partial charge in [0.1, 0.15) is 13.2 Å². The van der Waals surface area contributed by atoms with Crippen molar-refractivity contribution in [3.8, 4) is 0 Å². The predicted octanol–water partition coefficient (Wildman–Crippen LogP) is 15.7. The van der Waals surface area contributed by atoms with Gasteiger partial charge in [0.25, 0.3) is 7.82 Å². The molecular weight excluding hydrogens is 828 g/mol. The van der Waals surface area contributed by atoms with Gasteiger partial charge in [-0.05, 0) is 57.8 Å². The van der Waals surface area contributed by atoms with E-state index in [1.54, 1.807) is 6.08 Å². The zero-order valence-corrected chi connectivity index (χ0v) is 44.3. The average Bonchev–Trinajstić information content (AvgIpc) is 3.26. The highest BCUT2D eigenvalue weighted by Gasteiger charge is 2.23. The predicted molar refractivity (Wildman–Crippen MR) is 279 cm³/mol. The van der Waals surface area contributed by atoms with E-state index in [4.69, 9.17) is 9.05 Å². The molecule has 0 rings (SSSR count). The molecular formula is C56H107N2O6P. The van der Waals surface area contributed by atoms with Gasteiger partial charge in [-0.2, -0.15) is 0 Å². The van der Waals surface area contributed by atoms with Crippen molar-refractivity contribution < 1.29 is 32.9 Å². The van der Waals surface area contributed by atoms with Gasteiger partial charge < -0.3 is 28.8 Å². The van der Waals surface area contributed by atoms with E-state index in [9.17, 15) is 19.4 Å². The van der Waals surface area contributed by atoms with Crippen molar-refractivity contribution in [1.29, 1.82) is 0 Å². The molecule has 0 fully saturated rings. The largest absolute Gasteiger partial charge is 0.756 e. The first-order valence-corrected chi connectivity index (χ1v) is 29.0. The van der Waals surface area contributed by atoms with Crippen LogP contribution in [0.1, 0.15) is 251 Å². The fourth-order valence-electron chi connectivity index (χ4n) is 7.89. The van der Waals surface area contributed by atoms with Crippen LogP contribution < -0.4 is 10.2 Å². The Balaban J connectivity index is 4.20. The van der Waals surface area contributed by atoms with E-state index in [0.717, 1.165) is 64.2 Å². The van der Waals surface area contributed by atoms with Gasteiger partial charge in [0.05, 0.1) is 39.9 Å². The van der Waals surface area contributed by atoms with E-state index in [0.29, 0.717) is 17.4 Å². The molecule has 65 heavy (non-hydrogen) atoms. The maximum absolute atomic E-state index is 12.9. The number of amides is 1. The molecule has 0 saturated carbocycles. The molecule has 2 N–H and O–H groups in total. The Morgan fingerprint density at radius 1 is 0.538 bits per heavy atom. The molecule has 0 aromatic rings. The highest BCUT2D eigenvalue weighted by atomic mass is 31.2. The molecule has 0 aliphatic rings. The monoisotopic (exact) mass is 935 g/mol. The summed E-state index contributed by atoms with van der Waals surface area (Å²) in [5.74, 6) is -0.221. The number of aliphatic hydroxyl groups is 1. The van der Waals surface area contributed by atoms with Crippen LogP contribution in [0.5, 0.6) is 0 Å². The minimum atomic E-state index is -4.61. The molecule has 3 atom stereocenters. The molecule has 0 aromatic heterocycles. The number of likely N-dealkylation sites (N-methyl/N-ethyl adjacent to an activating group) is 1. The number of nitrogens with one attached hydrogen (secondary N) is 1. The van der Waals surface area contributed by atoms with Crippen LogP contribution in [-0.2, 0) is 18.4 Å². The number of carbonyl (C=O) groups is 1. The van der Waals surface area contributed by atoms with Crippen LogP contribution in [0.2, 0.25) is 0 Å². The lowest BCUT2D eigenvalue weighted by Gasteiger charge is -2.29. The van der Waals surface area contributed by atoms with Gasteiger partial charge in [-0.1, -0.05) is 236 Å². The Hall–Kier alpha value is -1.54. The Morgan fingerprint density at radius 2 is 0.923 bits per heavy atom. The van der Waals surface area contributed by atoms with Gasteiger partial charge in [-0.25, -0.2) is 0 Å². The third kappa shape index (κ3) is 50.2. The number of aliphatic hydroxyl groups excluding tert-OH is 1. The van der Waals surface area contributed by atoms with Crippen molar-refractivity contribution in [2.24, 2.45) is 0 Å². The van der Waals surface area contributed by atoms with Crippen molar-refractivity contribution in [3.05, 3.63) is 48.6 Å². The molecule has 382 valence electrons. The zero-order chi connectivity index (χ0) is 47.8. The molecule has 8 nitrogen and oxygen atoms in total. The number of hydrogen-bond donors (Lipinski definition) is 2. The SMILES string of the molecule is CCCC/C=C\C/C=C\CCCCCCCC(=O)NC(COP(=O)([O-])OCC[N+](C)(C)C)C(O)/C=C/CC/C=C/CCCCCCCCCCCCCCCCCCCCCCCCC. The summed E-state index contributed by atoms with van der Waals surface area (Å²) in [6.07, 6.45) is 62.0. The first-order chi connectivity index (χ1) is 31.5. The Kier molecular flexibility index (Phi) is 46.4. The molecule has 0 spiro atoms. The number of rotatable bonds is 50. The molecule has 9 heteroatoms. The van der Waals surface area contributed by atoms with Crippen LogP contribution >= 0.6 is 7.82 Å². The summed E-state index contributed by atoms with van der Waals surface area (Å²) in [6, 6.07) is -0.911. The van der Waals surface area contributed by atoms with Crippen molar-refractivity contribution in [2.75, 3.05) is 40.9 Å². The van der Waals surface area contributed by atoms with Gasteiger partial charge in [-0.15, -0.1) is 0 Å². The molecule has 0 aliphatic heterocycles. The summed E-state index contributed by atoms with van der Waals surface area (Å²) < 4.78 is 23.3. The van der Waals surface area contributed by atoms with Crippen LogP contribution in [0.25, 0.3) is 0 Å². The Morgan fingerprint density at radius 3 is 1.38 bits per heavy atom. The minimum absolute atomic E-state index is 0.0102. The number of unbranched alkanes of at least 4 members (excludes halogenated alkanes) is 31. The van der Waals surface area contributed by atoms with E-state index in [-0.39, 0.29) is 12.5 Å². The van der Waals surface area contributed by atoms with Gasteiger partial charge >= 0.3 is 0 Å². The third-order valence-corrected chi connectivity index (χ3v) is 13.2. The van der Waals surface area contributed by atoms with E-state index < -0.39 is 26.6 Å². The Labute approximate surface area is 403 Å². The topological polar surface area (TPSA) is 108 Å². The lowest BCUT2D eigenvalue weighted by atomic mass is 10.0. The lowest BCUT2D eigenvalue weighted by molar-refractivity contribution is -0.870. The van der Waals surface area contributed by atoms with Crippen molar-refractivity contribution in [3.63, 3.8) is 0 Å². The normalized spacial score (nSPS) is 14.4. The highest BCUT2D eigenvalue weighted by Crippen LogP contribution is 2.38. The van der Waals surface area contributed by atoms with Crippen LogP contribution in [0.4, 0.5) is 0 Å². The second kappa shape index (κ2) is 47.5. The summed E-state index contributed by atoms with van der Waals surface area (Å²) in [5, 5.41) is 13.8. The lowest BCUT2D eigenvalue weighted by Crippen LogP contribution is -2.45. The van der Waals surface area contributed by atoms with Crippen molar-refractivity contribution in [1.82, 2.24) is 5.32 Å². The van der Waals surface area contributed by atoms with Gasteiger partial charge in [0.15, 0.2) is 0 Å². The molecule has 0 radical (unpaired) electrons. The summed E-state index contributed by atoms with van der Waals surface area (Å²) in [6.45, 7) is 4.59. The Bertz CT molecular complexity index is 1200. The summed E-state index contributed by atoms with van der Waals surface area (Å²) in [5.41, 5.74) is 0. The van der Waals surface area contributed by atoms with Gasteiger partial charge in [0, 0.05) is 6.42 Å². The maximum atomic E-state index is 12.9. The maximum Gasteiger partial charge on any atom is 0.268 e.